The lowest BCUT2D eigenvalue weighted by Gasteiger charge is -2.01. The van der Waals surface area contributed by atoms with Crippen molar-refractivity contribution in [2.45, 2.75) is 77.6 Å². The van der Waals surface area contributed by atoms with Crippen molar-refractivity contribution >= 4 is 0 Å². The SMILES string of the molecule is [CH2]/C=C/CCCCCCCCCCC/C=C/C. The Hall–Kier alpha value is -0.520. The molecular weight excluding hydrogens is 204 g/mol. The van der Waals surface area contributed by atoms with E-state index in [0.29, 0.717) is 0 Å². The highest BCUT2D eigenvalue weighted by molar-refractivity contribution is 4.83. The number of unbranched alkanes of at least 4 members (excludes halogenated alkanes) is 10. The number of allylic oxidation sites excluding steroid dienone is 4. The zero-order valence-electron chi connectivity index (χ0n) is 11.8. The van der Waals surface area contributed by atoms with Gasteiger partial charge in [0.1, 0.15) is 0 Å². The van der Waals surface area contributed by atoms with E-state index in [-0.39, 0.29) is 0 Å². The van der Waals surface area contributed by atoms with Crippen LogP contribution in [0.4, 0.5) is 0 Å². The van der Waals surface area contributed by atoms with Crippen LogP contribution in [0.25, 0.3) is 0 Å². The summed E-state index contributed by atoms with van der Waals surface area (Å²) in [6, 6.07) is 0. The third kappa shape index (κ3) is 15.5. The average molecular weight is 235 g/mol. The molecule has 0 aromatic carbocycles. The van der Waals surface area contributed by atoms with E-state index in [0.717, 1.165) is 0 Å². The molecule has 0 rings (SSSR count). The van der Waals surface area contributed by atoms with Gasteiger partial charge in [0.15, 0.2) is 0 Å². The second-order valence-corrected chi connectivity index (χ2v) is 4.80. The second-order valence-electron chi connectivity index (χ2n) is 4.80. The van der Waals surface area contributed by atoms with Crippen LogP contribution in [-0.4, -0.2) is 0 Å². The Morgan fingerprint density at radius 1 is 0.647 bits per heavy atom. The van der Waals surface area contributed by atoms with Crippen LogP contribution in [0.15, 0.2) is 24.3 Å². The van der Waals surface area contributed by atoms with Crippen LogP contribution < -0.4 is 0 Å². The first-order valence-electron chi connectivity index (χ1n) is 7.47. The van der Waals surface area contributed by atoms with Crippen LogP contribution in [0.2, 0.25) is 0 Å². The van der Waals surface area contributed by atoms with Gasteiger partial charge in [-0.3, -0.25) is 0 Å². The molecule has 0 aromatic rings. The van der Waals surface area contributed by atoms with Gasteiger partial charge in [0.05, 0.1) is 0 Å². The van der Waals surface area contributed by atoms with E-state index in [1.54, 1.807) is 0 Å². The molecule has 0 atom stereocenters. The van der Waals surface area contributed by atoms with Gasteiger partial charge in [-0.15, -0.1) is 0 Å². The van der Waals surface area contributed by atoms with Crippen LogP contribution in [0, 0.1) is 6.92 Å². The molecule has 17 heavy (non-hydrogen) atoms. The molecule has 0 heteroatoms. The molecule has 0 unspecified atom stereocenters. The van der Waals surface area contributed by atoms with Gasteiger partial charge in [-0.05, 0) is 39.5 Å². The maximum Gasteiger partial charge on any atom is -0.0316 e. The minimum absolute atomic E-state index is 1.22. The fourth-order valence-corrected chi connectivity index (χ4v) is 2.05. The second kappa shape index (κ2) is 15.5. The van der Waals surface area contributed by atoms with Crippen molar-refractivity contribution in [2.75, 3.05) is 0 Å². The summed E-state index contributed by atoms with van der Waals surface area (Å²) in [5, 5.41) is 0. The quantitative estimate of drug-likeness (QED) is 0.277. The largest absolute Gasteiger partial charge is 0.0917 e. The predicted molar refractivity (Wildman–Crippen MR) is 80.1 cm³/mol. The van der Waals surface area contributed by atoms with E-state index in [4.69, 9.17) is 0 Å². The molecule has 1 radical (unpaired) electrons. The van der Waals surface area contributed by atoms with Gasteiger partial charge in [0.2, 0.25) is 0 Å². The molecule has 0 aromatic heterocycles. The average Bonchev–Trinajstić information content (AvgIpc) is 2.35. The van der Waals surface area contributed by atoms with Crippen LogP contribution >= 0.6 is 0 Å². The van der Waals surface area contributed by atoms with E-state index in [2.05, 4.69) is 32.1 Å². The first-order valence-corrected chi connectivity index (χ1v) is 7.47. The van der Waals surface area contributed by atoms with Crippen molar-refractivity contribution < 1.29 is 0 Å². The molecule has 0 amide bonds. The topological polar surface area (TPSA) is 0 Å². The van der Waals surface area contributed by atoms with Crippen molar-refractivity contribution in [3.05, 3.63) is 31.2 Å². The van der Waals surface area contributed by atoms with Gasteiger partial charge in [-0.1, -0.05) is 69.2 Å². The van der Waals surface area contributed by atoms with Gasteiger partial charge in [0, 0.05) is 0 Å². The highest BCUT2D eigenvalue weighted by Gasteiger charge is 1.91. The molecule has 0 saturated carbocycles. The molecule has 0 heterocycles. The number of rotatable bonds is 12. The monoisotopic (exact) mass is 235 g/mol. The summed E-state index contributed by atoms with van der Waals surface area (Å²) in [4.78, 5) is 0. The minimum Gasteiger partial charge on any atom is -0.0917 e. The van der Waals surface area contributed by atoms with Crippen LogP contribution in [-0.2, 0) is 0 Å². The minimum atomic E-state index is 1.22. The van der Waals surface area contributed by atoms with E-state index in [1.165, 1.54) is 70.6 Å². The molecule has 0 saturated heterocycles. The molecular formula is C17H31. The van der Waals surface area contributed by atoms with E-state index in [1.807, 2.05) is 6.08 Å². The van der Waals surface area contributed by atoms with Gasteiger partial charge < -0.3 is 0 Å². The van der Waals surface area contributed by atoms with Gasteiger partial charge in [-0.25, -0.2) is 0 Å². The molecule has 0 aliphatic carbocycles. The summed E-state index contributed by atoms with van der Waals surface area (Å²) >= 11 is 0. The van der Waals surface area contributed by atoms with Gasteiger partial charge >= 0.3 is 0 Å². The fourth-order valence-electron chi connectivity index (χ4n) is 2.05. The summed E-state index contributed by atoms with van der Waals surface area (Å²) in [6.07, 6.45) is 23.7. The zero-order chi connectivity index (χ0) is 12.6. The van der Waals surface area contributed by atoms with E-state index < -0.39 is 0 Å². The van der Waals surface area contributed by atoms with E-state index >= 15 is 0 Å². The highest BCUT2D eigenvalue weighted by Crippen LogP contribution is 2.11. The Balaban J connectivity index is 2.94. The van der Waals surface area contributed by atoms with Crippen molar-refractivity contribution in [1.82, 2.24) is 0 Å². The molecule has 0 nitrogen and oxygen atoms in total. The number of hydrogen-bond acceptors (Lipinski definition) is 0. The maximum absolute atomic E-state index is 3.70. The Labute approximate surface area is 109 Å². The summed E-state index contributed by atoms with van der Waals surface area (Å²) in [5.74, 6) is 0. The first-order chi connectivity index (χ1) is 8.41. The Bertz CT molecular complexity index is 156. The van der Waals surface area contributed by atoms with Crippen LogP contribution in [0.1, 0.15) is 77.6 Å². The van der Waals surface area contributed by atoms with Crippen molar-refractivity contribution in [3.63, 3.8) is 0 Å². The summed E-state index contributed by atoms with van der Waals surface area (Å²) in [6.45, 7) is 5.80. The lowest BCUT2D eigenvalue weighted by atomic mass is 10.1. The van der Waals surface area contributed by atoms with Gasteiger partial charge in [0.25, 0.3) is 0 Å². The fraction of sp³-hybridized carbons (Fsp3) is 0.706. The molecule has 0 N–H and O–H groups in total. The third-order valence-corrected chi connectivity index (χ3v) is 3.14. The summed E-state index contributed by atoms with van der Waals surface area (Å²) in [7, 11) is 0. The molecule has 0 fully saturated rings. The maximum atomic E-state index is 3.70. The highest BCUT2D eigenvalue weighted by atomic mass is 14.0. The van der Waals surface area contributed by atoms with Crippen LogP contribution in [0.5, 0.6) is 0 Å². The predicted octanol–water partition coefficient (Wildman–Crippen LogP) is 6.24. The standard InChI is InChI=1S/C17H31/c1-3-5-7-9-11-13-15-17-16-14-12-10-8-6-4-2/h3-6H,1,7-17H2,2H3/b5-3+,6-4+. The Morgan fingerprint density at radius 2 is 1.06 bits per heavy atom. The van der Waals surface area contributed by atoms with E-state index in [9.17, 15) is 0 Å². The smallest absolute Gasteiger partial charge is 0.0316 e. The molecule has 0 bridgehead atoms. The third-order valence-electron chi connectivity index (χ3n) is 3.14. The zero-order valence-corrected chi connectivity index (χ0v) is 11.8. The number of hydrogen-bond donors (Lipinski definition) is 0. The molecule has 0 aliphatic heterocycles. The van der Waals surface area contributed by atoms with Crippen molar-refractivity contribution in [2.24, 2.45) is 0 Å². The van der Waals surface area contributed by atoms with Crippen molar-refractivity contribution in [3.8, 4) is 0 Å². The molecule has 99 valence electrons. The Morgan fingerprint density at radius 3 is 1.47 bits per heavy atom. The lowest BCUT2D eigenvalue weighted by molar-refractivity contribution is 0.561. The van der Waals surface area contributed by atoms with Crippen molar-refractivity contribution in [1.29, 1.82) is 0 Å². The summed E-state index contributed by atoms with van der Waals surface area (Å²) < 4.78 is 0. The molecule has 0 aliphatic rings. The lowest BCUT2D eigenvalue weighted by Crippen LogP contribution is -1.81. The van der Waals surface area contributed by atoms with Crippen LogP contribution in [0.3, 0.4) is 0 Å². The molecule has 0 spiro atoms. The first kappa shape index (κ1) is 16.5. The van der Waals surface area contributed by atoms with Gasteiger partial charge in [-0.2, -0.15) is 0 Å². The summed E-state index contributed by atoms with van der Waals surface area (Å²) in [5.41, 5.74) is 0. The normalized spacial score (nSPS) is 11.9. The Kier molecular flexibility index (Phi) is 15.0.